The lowest BCUT2D eigenvalue weighted by atomic mass is 9.99. The van der Waals surface area contributed by atoms with Gasteiger partial charge in [-0.25, -0.2) is 4.79 Å². The molecule has 1 amide bonds. The topological polar surface area (TPSA) is 120 Å². The number of amides is 1. The van der Waals surface area contributed by atoms with Gasteiger partial charge in [-0.15, -0.1) is 0 Å². The monoisotopic (exact) mass is 493 g/mol. The number of hydrogen-bond acceptors (Lipinski definition) is 7. The van der Waals surface area contributed by atoms with Gasteiger partial charge in [-0.05, 0) is 47.5 Å². The predicted octanol–water partition coefficient (Wildman–Crippen LogP) is 3.81. The second-order valence-electron chi connectivity index (χ2n) is 8.02. The highest BCUT2D eigenvalue weighted by Crippen LogP contribution is 2.28. The zero-order valence-electron chi connectivity index (χ0n) is 18.6. The Balaban J connectivity index is 1.77. The van der Waals surface area contributed by atoms with Crippen LogP contribution in [0.4, 0.5) is 5.69 Å². The Bertz CT molecular complexity index is 1330. The summed E-state index contributed by atoms with van der Waals surface area (Å²) in [7, 11) is 1.13. The van der Waals surface area contributed by atoms with E-state index in [4.69, 9.17) is 11.6 Å². The lowest BCUT2D eigenvalue weighted by Gasteiger charge is -2.29. The summed E-state index contributed by atoms with van der Waals surface area (Å²) in [4.78, 5) is 55.6. The highest BCUT2D eigenvalue weighted by atomic mass is 35.5. The number of aromatic nitrogens is 1. The van der Waals surface area contributed by atoms with E-state index in [-0.39, 0.29) is 30.7 Å². The molecule has 0 saturated heterocycles. The van der Waals surface area contributed by atoms with Crippen LogP contribution in [0.15, 0.2) is 60.8 Å². The molecule has 0 radical (unpaired) electrons. The molecule has 0 N–H and O–H groups in total. The van der Waals surface area contributed by atoms with Crippen molar-refractivity contribution in [2.75, 3.05) is 7.11 Å². The van der Waals surface area contributed by atoms with Crippen molar-refractivity contribution >= 4 is 34.9 Å². The number of fused-ring (bicyclic) bond motifs is 1. The molecule has 0 unspecified atom stereocenters. The molecular formula is C25H20ClN3O6. The number of benzene rings is 2. The molecule has 35 heavy (non-hydrogen) atoms. The molecule has 4 rings (SSSR count). The van der Waals surface area contributed by atoms with Crippen LogP contribution in [0.2, 0.25) is 5.02 Å². The number of hydrogen-bond donors (Lipinski definition) is 0. The Kier molecular flexibility index (Phi) is 6.88. The van der Waals surface area contributed by atoms with E-state index in [1.165, 1.54) is 23.1 Å². The average molecular weight is 494 g/mol. The standard InChI is InChI=1S/C25H20ClN3O6/c1-35-25(32)20-7-5-15(10-21(20)29(33)34)14-28-22(13-18-4-2-3-9-27-18)23(30)12-16-11-17(26)6-8-19(16)24(28)31/h2-11,22H,12-14H2,1H3/t22-/m1/s1. The molecule has 1 aliphatic heterocycles. The van der Waals surface area contributed by atoms with Gasteiger partial charge in [0.1, 0.15) is 5.56 Å². The van der Waals surface area contributed by atoms with Crippen LogP contribution < -0.4 is 0 Å². The highest BCUT2D eigenvalue weighted by Gasteiger charge is 2.36. The van der Waals surface area contributed by atoms with Crippen LogP contribution in [-0.2, 0) is 28.9 Å². The zero-order chi connectivity index (χ0) is 25.1. The summed E-state index contributed by atoms with van der Waals surface area (Å²) in [6.07, 6.45) is 1.79. The summed E-state index contributed by atoms with van der Waals surface area (Å²) in [5.41, 5.74) is 1.22. The number of Topliss-reactive ketones (excluding diaryl/α,β-unsaturated/α-hetero) is 1. The molecule has 2 aromatic carbocycles. The number of nitro benzene ring substituents is 1. The van der Waals surface area contributed by atoms with Gasteiger partial charge in [0.2, 0.25) is 0 Å². The molecule has 9 nitrogen and oxygen atoms in total. The normalized spacial score (nSPS) is 15.4. The fourth-order valence-corrected chi connectivity index (χ4v) is 4.32. The minimum absolute atomic E-state index is 0.0110. The van der Waals surface area contributed by atoms with Gasteiger partial charge in [-0.2, -0.15) is 0 Å². The van der Waals surface area contributed by atoms with Crippen LogP contribution in [0, 0.1) is 10.1 Å². The van der Waals surface area contributed by atoms with Crippen molar-refractivity contribution in [1.82, 2.24) is 9.88 Å². The van der Waals surface area contributed by atoms with Crippen molar-refractivity contribution < 1.29 is 24.0 Å². The van der Waals surface area contributed by atoms with Gasteiger partial charge in [0, 0.05) is 47.9 Å². The first kappa shape index (κ1) is 24.0. The molecule has 2 heterocycles. The minimum atomic E-state index is -0.858. The van der Waals surface area contributed by atoms with Crippen molar-refractivity contribution in [2.45, 2.75) is 25.4 Å². The number of pyridine rings is 1. The third-order valence-corrected chi connectivity index (χ3v) is 6.05. The number of nitrogens with zero attached hydrogens (tertiary/aromatic N) is 3. The molecule has 0 saturated carbocycles. The summed E-state index contributed by atoms with van der Waals surface area (Å²) in [5.74, 6) is -1.45. The summed E-state index contributed by atoms with van der Waals surface area (Å²) in [6, 6.07) is 13.2. The first-order valence-corrected chi connectivity index (χ1v) is 11.0. The molecule has 3 aromatic rings. The molecule has 1 atom stereocenters. The van der Waals surface area contributed by atoms with E-state index in [9.17, 15) is 24.5 Å². The van der Waals surface area contributed by atoms with Crippen molar-refractivity contribution in [3.05, 3.63) is 104 Å². The number of ketones is 1. The molecular weight excluding hydrogens is 474 g/mol. The van der Waals surface area contributed by atoms with Gasteiger partial charge in [0.25, 0.3) is 11.6 Å². The Hall–Kier alpha value is -4.11. The molecule has 0 fully saturated rings. The lowest BCUT2D eigenvalue weighted by molar-refractivity contribution is -0.385. The van der Waals surface area contributed by atoms with Crippen LogP contribution in [0.1, 0.15) is 37.5 Å². The maximum Gasteiger partial charge on any atom is 0.344 e. The average Bonchev–Trinajstić information content (AvgIpc) is 2.94. The van der Waals surface area contributed by atoms with Gasteiger partial charge in [0.15, 0.2) is 5.78 Å². The molecule has 1 aliphatic rings. The van der Waals surface area contributed by atoms with Crippen molar-refractivity contribution in [3.63, 3.8) is 0 Å². The molecule has 1 aromatic heterocycles. The molecule has 10 heteroatoms. The zero-order valence-corrected chi connectivity index (χ0v) is 19.4. The molecule has 0 aliphatic carbocycles. The van der Waals surface area contributed by atoms with E-state index in [2.05, 4.69) is 9.72 Å². The maximum atomic E-state index is 13.6. The number of halogens is 1. The number of ether oxygens (including phenoxy) is 1. The van der Waals surface area contributed by atoms with Crippen molar-refractivity contribution in [2.24, 2.45) is 0 Å². The number of nitro groups is 1. The van der Waals surface area contributed by atoms with Gasteiger partial charge < -0.3 is 9.64 Å². The van der Waals surface area contributed by atoms with E-state index in [0.717, 1.165) is 7.11 Å². The van der Waals surface area contributed by atoms with Crippen LogP contribution in [0.3, 0.4) is 0 Å². The van der Waals surface area contributed by atoms with E-state index in [1.54, 1.807) is 42.6 Å². The lowest BCUT2D eigenvalue weighted by Crippen LogP contribution is -2.45. The third-order valence-electron chi connectivity index (χ3n) is 5.82. The Morgan fingerprint density at radius 2 is 2.00 bits per heavy atom. The number of carbonyl (C=O) groups excluding carboxylic acids is 3. The molecule has 0 spiro atoms. The summed E-state index contributed by atoms with van der Waals surface area (Å²) in [6.45, 7) is -0.0908. The van der Waals surface area contributed by atoms with Crippen LogP contribution in [0.5, 0.6) is 0 Å². The van der Waals surface area contributed by atoms with E-state index in [0.29, 0.717) is 27.4 Å². The number of esters is 1. The van der Waals surface area contributed by atoms with Crippen molar-refractivity contribution in [3.8, 4) is 0 Å². The third kappa shape index (κ3) is 5.04. The first-order valence-electron chi connectivity index (χ1n) is 10.7. The minimum Gasteiger partial charge on any atom is -0.465 e. The van der Waals surface area contributed by atoms with Crippen LogP contribution in [-0.4, -0.2) is 45.6 Å². The summed E-state index contributed by atoms with van der Waals surface area (Å²) in [5, 5.41) is 12.0. The number of rotatable bonds is 6. The summed E-state index contributed by atoms with van der Waals surface area (Å²) >= 11 is 6.11. The summed E-state index contributed by atoms with van der Waals surface area (Å²) < 4.78 is 4.63. The second kappa shape index (κ2) is 10.0. The van der Waals surface area contributed by atoms with Gasteiger partial charge in [-0.3, -0.25) is 24.7 Å². The fourth-order valence-electron chi connectivity index (χ4n) is 4.12. The van der Waals surface area contributed by atoms with E-state index in [1.807, 2.05) is 0 Å². The SMILES string of the molecule is COC(=O)c1ccc(CN2C(=O)c3ccc(Cl)cc3CC(=O)[C@H]2Cc2ccccn2)cc1[N+](=O)[O-]. The Morgan fingerprint density at radius 3 is 2.69 bits per heavy atom. The van der Waals surface area contributed by atoms with Crippen molar-refractivity contribution in [1.29, 1.82) is 0 Å². The number of methoxy groups -OCH3 is 1. The van der Waals surface area contributed by atoms with Gasteiger partial charge in [-0.1, -0.05) is 23.7 Å². The Labute approximate surface area is 205 Å². The Morgan fingerprint density at radius 1 is 1.20 bits per heavy atom. The van der Waals surface area contributed by atoms with E-state index >= 15 is 0 Å². The highest BCUT2D eigenvalue weighted by molar-refractivity contribution is 6.30. The second-order valence-corrected chi connectivity index (χ2v) is 8.46. The van der Waals surface area contributed by atoms with Gasteiger partial charge in [0.05, 0.1) is 18.1 Å². The molecule has 178 valence electrons. The smallest absolute Gasteiger partial charge is 0.344 e. The largest absolute Gasteiger partial charge is 0.465 e. The van der Waals surface area contributed by atoms with Crippen LogP contribution >= 0.6 is 11.6 Å². The quantitative estimate of drug-likeness (QED) is 0.291. The fraction of sp³-hybridized carbons (Fsp3) is 0.200. The predicted molar refractivity (Wildman–Crippen MR) is 126 cm³/mol. The van der Waals surface area contributed by atoms with Crippen LogP contribution in [0.25, 0.3) is 0 Å². The van der Waals surface area contributed by atoms with E-state index < -0.39 is 28.5 Å². The first-order chi connectivity index (χ1) is 16.8. The van der Waals surface area contributed by atoms with Gasteiger partial charge >= 0.3 is 5.97 Å². The number of carbonyl (C=O) groups is 3. The maximum absolute atomic E-state index is 13.6. The molecule has 0 bridgehead atoms.